The molecule has 1 aromatic heterocycles. The number of nitroso groups, excluding NO2 is 1. The van der Waals surface area contributed by atoms with E-state index in [1.54, 1.807) is 6.07 Å². The van der Waals surface area contributed by atoms with Crippen molar-refractivity contribution in [1.29, 1.82) is 0 Å². The number of rotatable bonds is 3. The first kappa shape index (κ1) is 9.92. The molecular formula is C10H10N2O2S. The van der Waals surface area contributed by atoms with Gasteiger partial charge in [-0.15, -0.1) is 16.2 Å². The van der Waals surface area contributed by atoms with E-state index in [1.807, 2.05) is 19.1 Å². The summed E-state index contributed by atoms with van der Waals surface area (Å²) < 4.78 is 0.867. The molecular weight excluding hydrogens is 212 g/mol. The third-order valence-electron chi connectivity index (χ3n) is 2.12. The normalized spacial score (nSPS) is 10.5. The summed E-state index contributed by atoms with van der Waals surface area (Å²) in [5, 5.41) is 16.4. The van der Waals surface area contributed by atoms with Crippen molar-refractivity contribution in [3.63, 3.8) is 0 Å². The molecule has 2 N–H and O–H groups in total. The molecule has 15 heavy (non-hydrogen) atoms. The van der Waals surface area contributed by atoms with Gasteiger partial charge in [-0.2, -0.15) is 0 Å². The van der Waals surface area contributed by atoms with E-state index in [9.17, 15) is 10.0 Å². The molecule has 2 aromatic rings. The van der Waals surface area contributed by atoms with Gasteiger partial charge >= 0.3 is 0 Å². The molecule has 1 heterocycles. The highest BCUT2D eigenvalue weighted by atomic mass is 32.1. The minimum Gasteiger partial charge on any atom is -0.504 e. The Morgan fingerprint density at radius 3 is 3.00 bits per heavy atom. The van der Waals surface area contributed by atoms with Gasteiger partial charge in [0.05, 0.1) is 10.4 Å². The van der Waals surface area contributed by atoms with Crippen LogP contribution in [-0.4, -0.2) is 11.7 Å². The van der Waals surface area contributed by atoms with E-state index in [-0.39, 0.29) is 10.8 Å². The number of nitrogens with one attached hydrogen (secondary N) is 1. The van der Waals surface area contributed by atoms with Crippen LogP contribution < -0.4 is 5.32 Å². The second kappa shape index (κ2) is 3.86. The molecule has 0 aliphatic carbocycles. The summed E-state index contributed by atoms with van der Waals surface area (Å²) >= 11 is 1.20. The molecule has 0 radical (unpaired) electrons. The highest BCUT2D eigenvalue weighted by Crippen LogP contribution is 2.45. The topological polar surface area (TPSA) is 61.7 Å². The minimum atomic E-state index is -0.0234. The van der Waals surface area contributed by atoms with Gasteiger partial charge in [0.1, 0.15) is 0 Å². The largest absolute Gasteiger partial charge is 0.504 e. The molecule has 0 aliphatic rings. The fourth-order valence-electron chi connectivity index (χ4n) is 1.49. The molecule has 0 atom stereocenters. The Morgan fingerprint density at radius 1 is 1.53 bits per heavy atom. The number of hydrogen-bond acceptors (Lipinski definition) is 5. The molecule has 5 heteroatoms. The Kier molecular flexibility index (Phi) is 2.55. The van der Waals surface area contributed by atoms with E-state index < -0.39 is 0 Å². The Morgan fingerprint density at radius 2 is 2.33 bits per heavy atom. The first-order valence-electron chi connectivity index (χ1n) is 4.59. The molecule has 0 aliphatic heterocycles. The van der Waals surface area contributed by atoms with Crippen molar-refractivity contribution in [2.45, 2.75) is 6.92 Å². The summed E-state index contributed by atoms with van der Waals surface area (Å²) in [6, 6.07) is 5.52. The van der Waals surface area contributed by atoms with Crippen molar-refractivity contribution in [3.05, 3.63) is 23.1 Å². The van der Waals surface area contributed by atoms with Crippen molar-refractivity contribution in [2.75, 3.05) is 11.9 Å². The molecule has 4 nitrogen and oxygen atoms in total. The number of anilines is 1. The average Bonchev–Trinajstić information content (AvgIpc) is 2.58. The van der Waals surface area contributed by atoms with Gasteiger partial charge in [-0.1, -0.05) is 6.07 Å². The molecule has 0 spiro atoms. The van der Waals surface area contributed by atoms with E-state index >= 15 is 0 Å². The van der Waals surface area contributed by atoms with Crippen LogP contribution in [0.1, 0.15) is 6.92 Å². The third kappa shape index (κ3) is 1.55. The van der Waals surface area contributed by atoms with Gasteiger partial charge in [0, 0.05) is 11.9 Å². The molecule has 0 fully saturated rings. The Hall–Kier alpha value is -1.62. The number of benzene rings is 1. The zero-order chi connectivity index (χ0) is 10.8. The van der Waals surface area contributed by atoms with Gasteiger partial charge < -0.3 is 10.4 Å². The Labute approximate surface area is 90.5 Å². The molecule has 78 valence electrons. The predicted octanol–water partition coefficient (Wildman–Crippen LogP) is 3.44. The standard InChI is InChI=1S/C10H10N2O2S/c1-2-11-7-5-3-4-6-8(13)10(12-14)15-9(6)7/h3-5,11,13H,2H2,1H3. The van der Waals surface area contributed by atoms with Gasteiger partial charge in [-0.25, -0.2) is 0 Å². The lowest BCUT2D eigenvalue weighted by Gasteiger charge is -2.03. The second-order valence-corrected chi connectivity index (χ2v) is 4.06. The number of aromatic hydroxyl groups is 1. The van der Waals surface area contributed by atoms with Crippen LogP contribution in [0.25, 0.3) is 10.1 Å². The first-order valence-corrected chi connectivity index (χ1v) is 5.41. The predicted molar refractivity (Wildman–Crippen MR) is 63.1 cm³/mol. The molecule has 0 saturated carbocycles. The third-order valence-corrected chi connectivity index (χ3v) is 3.23. The maximum absolute atomic E-state index is 10.4. The van der Waals surface area contributed by atoms with E-state index in [1.165, 1.54) is 11.3 Å². The summed E-state index contributed by atoms with van der Waals surface area (Å²) in [6.45, 7) is 2.78. The fraction of sp³-hybridized carbons (Fsp3) is 0.200. The molecule has 2 rings (SSSR count). The number of hydrogen-bond donors (Lipinski definition) is 2. The van der Waals surface area contributed by atoms with Crippen molar-refractivity contribution in [3.8, 4) is 5.75 Å². The molecule has 0 saturated heterocycles. The van der Waals surface area contributed by atoms with Gasteiger partial charge in [-0.3, -0.25) is 0 Å². The minimum absolute atomic E-state index is 0.0234. The average molecular weight is 222 g/mol. The lowest BCUT2D eigenvalue weighted by atomic mass is 10.2. The Bertz CT molecular complexity index is 507. The van der Waals surface area contributed by atoms with Gasteiger partial charge in [0.15, 0.2) is 5.75 Å². The quantitative estimate of drug-likeness (QED) is 0.782. The van der Waals surface area contributed by atoms with Crippen LogP contribution >= 0.6 is 11.3 Å². The summed E-state index contributed by atoms with van der Waals surface area (Å²) in [6.07, 6.45) is 0. The maximum Gasteiger partial charge on any atom is 0.203 e. The van der Waals surface area contributed by atoms with Crippen LogP contribution in [0.4, 0.5) is 10.7 Å². The summed E-state index contributed by atoms with van der Waals surface area (Å²) in [4.78, 5) is 10.4. The summed E-state index contributed by atoms with van der Waals surface area (Å²) in [5.41, 5.74) is 0.921. The SMILES string of the molecule is CCNc1cccc2c(O)c(N=O)sc12. The summed E-state index contributed by atoms with van der Waals surface area (Å²) in [7, 11) is 0. The lowest BCUT2D eigenvalue weighted by molar-refractivity contribution is 0.485. The molecule has 0 amide bonds. The summed E-state index contributed by atoms with van der Waals surface area (Å²) in [5.74, 6) is -0.0234. The van der Waals surface area contributed by atoms with Crippen molar-refractivity contribution >= 4 is 32.1 Å². The highest BCUT2D eigenvalue weighted by molar-refractivity contribution is 7.23. The fourth-order valence-corrected chi connectivity index (χ4v) is 2.45. The molecule has 0 bridgehead atoms. The van der Waals surface area contributed by atoms with Gasteiger partial charge in [-0.05, 0) is 24.2 Å². The monoisotopic (exact) mass is 222 g/mol. The first-order chi connectivity index (χ1) is 7.27. The van der Waals surface area contributed by atoms with E-state index in [2.05, 4.69) is 10.5 Å². The van der Waals surface area contributed by atoms with Gasteiger partial charge in [0.2, 0.25) is 5.00 Å². The van der Waals surface area contributed by atoms with Crippen LogP contribution in [-0.2, 0) is 0 Å². The highest BCUT2D eigenvalue weighted by Gasteiger charge is 2.13. The van der Waals surface area contributed by atoms with Crippen molar-refractivity contribution < 1.29 is 5.11 Å². The van der Waals surface area contributed by atoms with Gasteiger partial charge in [0.25, 0.3) is 0 Å². The van der Waals surface area contributed by atoms with Crippen LogP contribution in [0.15, 0.2) is 23.4 Å². The number of nitrogens with zero attached hydrogens (tertiary/aromatic N) is 1. The number of thiophene rings is 1. The van der Waals surface area contributed by atoms with E-state index in [0.29, 0.717) is 5.39 Å². The molecule has 0 unspecified atom stereocenters. The molecule has 1 aromatic carbocycles. The van der Waals surface area contributed by atoms with E-state index in [4.69, 9.17) is 0 Å². The number of fused-ring (bicyclic) bond motifs is 1. The lowest BCUT2D eigenvalue weighted by Crippen LogP contribution is -1.95. The van der Waals surface area contributed by atoms with Crippen LogP contribution in [0, 0.1) is 4.91 Å². The Balaban J connectivity index is 2.70. The van der Waals surface area contributed by atoms with Crippen molar-refractivity contribution in [2.24, 2.45) is 5.18 Å². The second-order valence-electron chi connectivity index (χ2n) is 3.06. The zero-order valence-corrected chi connectivity index (χ0v) is 8.97. The van der Waals surface area contributed by atoms with Crippen LogP contribution in [0.5, 0.6) is 5.75 Å². The van der Waals surface area contributed by atoms with Crippen LogP contribution in [0.2, 0.25) is 0 Å². The maximum atomic E-state index is 10.4. The van der Waals surface area contributed by atoms with Crippen molar-refractivity contribution in [1.82, 2.24) is 0 Å². The smallest absolute Gasteiger partial charge is 0.203 e. The zero-order valence-electron chi connectivity index (χ0n) is 8.15. The van der Waals surface area contributed by atoms with E-state index in [0.717, 1.165) is 16.9 Å². The van der Waals surface area contributed by atoms with Crippen LogP contribution in [0.3, 0.4) is 0 Å².